The summed E-state index contributed by atoms with van der Waals surface area (Å²) < 4.78 is 6.91. The normalized spacial score (nSPS) is 10.7. The van der Waals surface area contributed by atoms with Gasteiger partial charge in [0.2, 0.25) is 0 Å². The van der Waals surface area contributed by atoms with Crippen molar-refractivity contribution in [3.8, 4) is 5.75 Å². The van der Waals surface area contributed by atoms with E-state index in [1.807, 2.05) is 42.5 Å². The number of anilines is 1. The van der Waals surface area contributed by atoms with Crippen LogP contribution < -0.4 is 10.5 Å². The zero-order chi connectivity index (χ0) is 13.9. The van der Waals surface area contributed by atoms with E-state index < -0.39 is 0 Å². The third kappa shape index (κ3) is 2.78. The monoisotopic (exact) mass is 327 g/mol. The maximum atomic E-state index is 5.94. The van der Waals surface area contributed by atoms with Gasteiger partial charge in [0.1, 0.15) is 12.4 Å². The van der Waals surface area contributed by atoms with Gasteiger partial charge in [-0.25, -0.2) is 0 Å². The van der Waals surface area contributed by atoms with Gasteiger partial charge in [-0.1, -0.05) is 52.3 Å². The summed E-state index contributed by atoms with van der Waals surface area (Å²) in [5.41, 5.74) is 7.61. The second-order valence-electron chi connectivity index (χ2n) is 4.66. The van der Waals surface area contributed by atoms with E-state index in [2.05, 4.69) is 34.1 Å². The number of fused-ring (bicyclic) bond motifs is 1. The lowest BCUT2D eigenvalue weighted by atomic mass is 10.1. The van der Waals surface area contributed by atoms with Crippen LogP contribution in [-0.2, 0) is 6.61 Å². The van der Waals surface area contributed by atoms with Crippen LogP contribution in [0.3, 0.4) is 0 Å². The Hall–Kier alpha value is -2.00. The molecule has 0 radical (unpaired) electrons. The first-order valence-corrected chi connectivity index (χ1v) is 7.17. The van der Waals surface area contributed by atoms with E-state index in [0.29, 0.717) is 6.61 Å². The molecular weight excluding hydrogens is 314 g/mol. The van der Waals surface area contributed by atoms with E-state index in [0.717, 1.165) is 26.9 Å². The molecule has 0 saturated carbocycles. The summed E-state index contributed by atoms with van der Waals surface area (Å²) in [7, 11) is 0. The number of benzene rings is 3. The molecule has 20 heavy (non-hydrogen) atoms. The third-order valence-electron chi connectivity index (χ3n) is 3.12. The van der Waals surface area contributed by atoms with Crippen molar-refractivity contribution in [1.82, 2.24) is 0 Å². The number of nitrogens with two attached hydrogens (primary N) is 1. The van der Waals surface area contributed by atoms with Crippen molar-refractivity contribution in [1.29, 1.82) is 0 Å². The third-order valence-corrected chi connectivity index (χ3v) is 3.58. The van der Waals surface area contributed by atoms with Crippen molar-refractivity contribution in [2.45, 2.75) is 6.61 Å². The van der Waals surface area contributed by atoms with Crippen LogP contribution in [0.1, 0.15) is 5.56 Å². The molecule has 3 heteroatoms. The summed E-state index contributed by atoms with van der Waals surface area (Å²) >= 11 is 3.44. The quantitative estimate of drug-likeness (QED) is 0.703. The largest absolute Gasteiger partial charge is 0.488 e. The van der Waals surface area contributed by atoms with Crippen molar-refractivity contribution in [2.75, 3.05) is 5.73 Å². The van der Waals surface area contributed by atoms with E-state index in [1.165, 1.54) is 5.39 Å². The fraction of sp³-hybridized carbons (Fsp3) is 0.0588. The highest BCUT2D eigenvalue weighted by Crippen LogP contribution is 2.26. The van der Waals surface area contributed by atoms with Crippen LogP contribution >= 0.6 is 15.9 Å². The molecule has 0 bridgehead atoms. The van der Waals surface area contributed by atoms with E-state index in [1.54, 1.807) is 0 Å². The molecule has 100 valence electrons. The van der Waals surface area contributed by atoms with Gasteiger partial charge in [-0.05, 0) is 35.2 Å². The minimum atomic E-state index is 0.498. The summed E-state index contributed by atoms with van der Waals surface area (Å²) in [5.74, 6) is 0.890. The van der Waals surface area contributed by atoms with Gasteiger partial charge >= 0.3 is 0 Å². The fourth-order valence-electron chi connectivity index (χ4n) is 2.24. The van der Waals surface area contributed by atoms with Crippen molar-refractivity contribution >= 4 is 32.4 Å². The molecule has 0 fully saturated rings. The highest BCUT2D eigenvalue weighted by Gasteiger charge is 2.03. The molecule has 0 atom stereocenters. The average Bonchev–Trinajstić information content (AvgIpc) is 2.44. The first kappa shape index (κ1) is 13.0. The molecule has 3 aromatic rings. The van der Waals surface area contributed by atoms with Gasteiger partial charge in [-0.3, -0.25) is 0 Å². The standard InChI is InChI=1S/C17H14BrNO/c18-14-8-12(9-15(19)10-14)11-20-17-7-3-5-13-4-1-2-6-16(13)17/h1-10H,11,19H2. The molecule has 2 nitrogen and oxygen atoms in total. The minimum Gasteiger partial charge on any atom is -0.488 e. The van der Waals surface area contributed by atoms with Crippen LogP contribution in [0.4, 0.5) is 5.69 Å². The van der Waals surface area contributed by atoms with Gasteiger partial charge in [0.05, 0.1) is 0 Å². The topological polar surface area (TPSA) is 35.2 Å². The second kappa shape index (κ2) is 5.55. The molecule has 3 rings (SSSR count). The number of halogens is 1. The first-order valence-electron chi connectivity index (χ1n) is 6.38. The van der Waals surface area contributed by atoms with Crippen LogP contribution in [0.2, 0.25) is 0 Å². The Labute approximate surface area is 126 Å². The van der Waals surface area contributed by atoms with E-state index in [9.17, 15) is 0 Å². The Morgan fingerprint density at radius 2 is 1.75 bits per heavy atom. The molecule has 0 spiro atoms. The molecule has 0 heterocycles. The smallest absolute Gasteiger partial charge is 0.127 e. The van der Waals surface area contributed by atoms with Crippen LogP contribution in [-0.4, -0.2) is 0 Å². The zero-order valence-electron chi connectivity index (χ0n) is 10.8. The molecule has 0 unspecified atom stereocenters. The van der Waals surface area contributed by atoms with Gasteiger partial charge < -0.3 is 10.5 Å². The van der Waals surface area contributed by atoms with Gasteiger partial charge in [-0.2, -0.15) is 0 Å². The van der Waals surface area contributed by atoms with E-state index in [-0.39, 0.29) is 0 Å². The van der Waals surface area contributed by atoms with Gasteiger partial charge in [0, 0.05) is 15.5 Å². The summed E-state index contributed by atoms with van der Waals surface area (Å²) in [4.78, 5) is 0. The lowest BCUT2D eigenvalue weighted by Gasteiger charge is -2.10. The molecule has 0 aliphatic carbocycles. The highest BCUT2D eigenvalue weighted by molar-refractivity contribution is 9.10. The summed E-state index contributed by atoms with van der Waals surface area (Å²) in [6.07, 6.45) is 0. The molecule has 2 N–H and O–H groups in total. The van der Waals surface area contributed by atoms with Crippen LogP contribution in [0.25, 0.3) is 10.8 Å². The lowest BCUT2D eigenvalue weighted by Crippen LogP contribution is -1.97. The Morgan fingerprint density at radius 3 is 2.60 bits per heavy atom. The zero-order valence-corrected chi connectivity index (χ0v) is 12.4. The number of ether oxygens (including phenoxy) is 1. The van der Waals surface area contributed by atoms with Crippen molar-refractivity contribution in [2.24, 2.45) is 0 Å². The van der Waals surface area contributed by atoms with Gasteiger partial charge in [-0.15, -0.1) is 0 Å². The van der Waals surface area contributed by atoms with Crippen molar-refractivity contribution in [3.63, 3.8) is 0 Å². The predicted octanol–water partition coefficient (Wildman–Crippen LogP) is 4.76. The summed E-state index contributed by atoms with van der Waals surface area (Å²) in [6.45, 7) is 0.498. The number of nitrogen functional groups attached to an aromatic ring is 1. The number of rotatable bonds is 3. The molecule has 3 aromatic carbocycles. The van der Waals surface area contributed by atoms with Crippen molar-refractivity contribution < 1.29 is 4.74 Å². The molecule has 0 amide bonds. The Morgan fingerprint density at radius 1 is 0.950 bits per heavy atom. The minimum absolute atomic E-state index is 0.498. The number of hydrogen-bond donors (Lipinski definition) is 1. The maximum absolute atomic E-state index is 5.94. The van der Waals surface area contributed by atoms with Crippen molar-refractivity contribution in [3.05, 3.63) is 70.7 Å². The average molecular weight is 328 g/mol. The SMILES string of the molecule is Nc1cc(Br)cc(COc2cccc3ccccc23)c1. The molecule has 0 saturated heterocycles. The summed E-state index contributed by atoms with van der Waals surface area (Å²) in [6, 6.07) is 20.1. The Kier molecular flexibility index (Phi) is 3.61. The molecular formula is C17H14BrNO. The van der Waals surface area contributed by atoms with Gasteiger partial charge in [0.25, 0.3) is 0 Å². The second-order valence-corrected chi connectivity index (χ2v) is 5.57. The van der Waals surface area contributed by atoms with Gasteiger partial charge in [0.15, 0.2) is 0 Å². The van der Waals surface area contributed by atoms with Crippen LogP contribution in [0, 0.1) is 0 Å². The van der Waals surface area contributed by atoms with E-state index in [4.69, 9.17) is 10.5 Å². The predicted molar refractivity (Wildman–Crippen MR) is 86.8 cm³/mol. The Bertz CT molecular complexity index is 729. The van der Waals surface area contributed by atoms with Crippen LogP contribution in [0.15, 0.2) is 65.1 Å². The Balaban J connectivity index is 1.87. The number of hydrogen-bond acceptors (Lipinski definition) is 2. The molecule has 0 aliphatic rings. The fourth-order valence-corrected chi connectivity index (χ4v) is 2.80. The molecule has 0 aromatic heterocycles. The van der Waals surface area contributed by atoms with Crippen LogP contribution in [0.5, 0.6) is 5.75 Å². The maximum Gasteiger partial charge on any atom is 0.127 e. The van der Waals surface area contributed by atoms with E-state index >= 15 is 0 Å². The highest BCUT2D eigenvalue weighted by atomic mass is 79.9. The summed E-state index contributed by atoms with van der Waals surface area (Å²) in [5, 5.41) is 2.30. The lowest BCUT2D eigenvalue weighted by molar-refractivity contribution is 0.310. The first-order chi connectivity index (χ1) is 9.72. The molecule has 0 aliphatic heterocycles.